The summed E-state index contributed by atoms with van der Waals surface area (Å²) in [7, 11) is 3.50. The highest BCUT2D eigenvalue weighted by Crippen LogP contribution is 2.67. The first-order valence-corrected chi connectivity index (χ1v) is 10.9. The molecular weight excluding hydrogens is 418 g/mol. The first-order chi connectivity index (χ1) is 16.0. The van der Waals surface area contributed by atoms with E-state index in [0.29, 0.717) is 12.4 Å². The minimum atomic E-state index is -0.666. The summed E-state index contributed by atoms with van der Waals surface area (Å²) in [6.07, 6.45) is 3.80. The van der Waals surface area contributed by atoms with E-state index in [-0.39, 0.29) is 11.8 Å². The van der Waals surface area contributed by atoms with Crippen LogP contribution in [0.1, 0.15) is 18.1 Å². The molecule has 1 saturated heterocycles. The van der Waals surface area contributed by atoms with E-state index in [2.05, 4.69) is 9.97 Å². The third kappa shape index (κ3) is 2.87. The van der Waals surface area contributed by atoms with Crippen molar-refractivity contribution in [3.63, 3.8) is 0 Å². The maximum Gasteiger partial charge on any atom is 0.227 e. The number of fused-ring (bicyclic) bond motifs is 2. The van der Waals surface area contributed by atoms with Gasteiger partial charge in [0.25, 0.3) is 0 Å². The van der Waals surface area contributed by atoms with Crippen LogP contribution >= 0.6 is 0 Å². The molecule has 6 rings (SSSR count). The monoisotopic (exact) mass is 441 g/mol. The molecule has 0 spiro atoms. The maximum absolute atomic E-state index is 12.4. The smallest absolute Gasteiger partial charge is 0.227 e. The molecule has 8 heteroatoms. The lowest BCUT2D eigenvalue weighted by Crippen LogP contribution is -2.30. The molecule has 8 nitrogen and oxygen atoms in total. The zero-order valence-electron chi connectivity index (χ0n) is 18.4. The van der Waals surface area contributed by atoms with Gasteiger partial charge in [0.1, 0.15) is 23.9 Å². The Labute approximate surface area is 190 Å². The standard InChI is InChI=1S/C25H23N5O3/c1-30-11-18(21(29-30)14-6-4-3-5-7-14)22-16-8-17(20(32-2)9-19(16)27-13-28-22)23-25(24(26)31)10-15(25)12-33-23/h3-9,11,13,15,23H,10,12H2,1-2H3,(H2,26,31). The maximum atomic E-state index is 12.4. The van der Waals surface area contributed by atoms with Crippen molar-refractivity contribution in [3.8, 4) is 28.3 Å². The second-order valence-corrected chi connectivity index (χ2v) is 8.78. The van der Waals surface area contributed by atoms with Gasteiger partial charge in [-0.25, -0.2) is 9.97 Å². The van der Waals surface area contributed by atoms with E-state index < -0.39 is 11.5 Å². The van der Waals surface area contributed by atoms with Crippen LogP contribution in [0.5, 0.6) is 5.75 Å². The molecule has 166 valence electrons. The van der Waals surface area contributed by atoms with Crippen molar-refractivity contribution in [2.75, 3.05) is 13.7 Å². The van der Waals surface area contributed by atoms with Crippen LogP contribution in [0.2, 0.25) is 0 Å². The number of nitrogens with zero attached hydrogens (tertiary/aromatic N) is 4. The van der Waals surface area contributed by atoms with Crippen LogP contribution in [0.4, 0.5) is 0 Å². The van der Waals surface area contributed by atoms with Gasteiger partial charge in [-0.1, -0.05) is 30.3 Å². The lowest BCUT2D eigenvalue weighted by Gasteiger charge is -2.23. The Morgan fingerprint density at radius 1 is 1.21 bits per heavy atom. The van der Waals surface area contributed by atoms with Gasteiger partial charge in [0.15, 0.2) is 0 Å². The number of nitrogens with two attached hydrogens (primary N) is 1. The van der Waals surface area contributed by atoms with Crippen molar-refractivity contribution < 1.29 is 14.3 Å². The number of amides is 1. The average Bonchev–Trinajstić information content (AvgIpc) is 3.26. The van der Waals surface area contributed by atoms with E-state index in [1.807, 2.05) is 55.7 Å². The number of aromatic nitrogens is 4. The molecule has 2 aromatic heterocycles. The summed E-state index contributed by atoms with van der Waals surface area (Å²) in [5, 5.41) is 5.54. The number of hydrogen-bond acceptors (Lipinski definition) is 6. The van der Waals surface area contributed by atoms with Gasteiger partial charge in [-0.3, -0.25) is 9.48 Å². The number of methoxy groups -OCH3 is 1. The fourth-order valence-corrected chi connectivity index (χ4v) is 5.20. The van der Waals surface area contributed by atoms with Gasteiger partial charge < -0.3 is 15.2 Å². The quantitative estimate of drug-likeness (QED) is 0.510. The SMILES string of the molecule is COc1cc2ncnc(-c3cn(C)nc3-c3ccccc3)c2cc1C1OCC2CC21C(N)=O. The summed E-state index contributed by atoms with van der Waals surface area (Å²) in [5.74, 6) is 0.468. The van der Waals surface area contributed by atoms with Crippen LogP contribution in [0.3, 0.4) is 0 Å². The van der Waals surface area contributed by atoms with Crippen molar-refractivity contribution >= 4 is 16.8 Å². The van der Waals surface area contributed by atoms with Crippen molar-refractivity contribution in [1.82, 2.24) is 19.7 Å². The number of benzene rings is 2. The second kappa shape index (κ2) is 7.11. The predicted molar refractivity (Wildman–Crippen MR) is 122 cm³/mol. The highest BCUT2D eigenvalue weighted by Gasteiger charge is 2.69. The van der Waals surface area contributed by atoms with E-state index in [1.165, 1.54) is 0 Å². The van der Waals surface area contributed by atoms with Crippen LogP contribution in [0.25, 0.3) is 33.4 Å². The van der Waals surface area contributed by atoms with E-state index in [9.17, 15) is 4.79 Å². The Kier molecular flexibility index (Phi) is 4.28. The lowest BCUT2D eigenvalue weighted by atomic mass is 9.89. The Morgan fingerprint density at radius 2 is 2.03 bits per heavy atom. The van der Waals surface area contributed by atoms with Gasteiger partial charge in [-0.05, 0) is 12.5 Å². The number of rotatable bonds is 5. The van der Waals surface area contributed by atoms with E-state index in [1.54, 1.807) is 18.1 Å². The second-order valence-electron chi connectivity index (χ2n) is 8.78. The molecule has 1 amide bonds. The fourth-order valence-electron chi connectivity index (χ4n) is 5.20. The average molecular weight is 441 g/mol. The molecule has 2 aromatic carbocycles. The normalized spacial score (nSPS) is 23.5. The highest BCUT2D eigenvalue weighted by molar-refractivity contribution is 5.97. The minimum absolute atomic E-state index is 0.162. The van der Waals surface area contributed by atoms with Gasteiger partial charge >= 0.3 is 0 Å². The summed E-state index contributed by atoms with van der Waals surface area (Å²) in [4.78, 5) is 21.5. The minimum Gasteiger partial charge on any atom is -0.496 e. The molecule has 3 unspecified atom stereocenters. The highest BCUT2D eigenvalue weighted by atomic mass is 16.5. The first kappa shape index (κ1) is 19.9. The zero-order chi connectivity index (χ0) is 22.7. The van der Waals surface area contributed by atoms with Crippen LogP contribution in [-0.2, 0) is 16.6 Å². The summed E-state index contributed by atoms with van der Waals surface area (Å²) < 4.78 is 13.5. The molecule has 2 fully saturated rings. The molecule has 4 aromatic rings. The molecule has 3 heterocycles. The first-order valence-electron chi connectivity index (χ1n) is 10.9. The molecule has 1 saturated carbocycles. The van der Waals surface area contributed by atoms with E-state index >= 15 is 0 Å². The Balaban J connectivity index is 1.57. The van der Waals surface area contributed by atoms with Gasteiger partial charge in [0, 0.05) is 47.3 Å². The van der Waals surface area contributed by atoms with Crippen LogP contribution in [0.15, 0.2) is 55.0 Å². The number of primary amides is 1. The zero-order valence-corrected chi connectivity index (χ0v) is 18.4. The largest absolute Gasteiger partial charge is 0.496 e. The molecular formula is C25H23N5O3. The molecule has 2 aliphatic rings. The molecule has 1 aliphatic heterocycles. The van der Waals surface area contributed by atoms with Crippen molar-refractivity contribution in [2.45, 2.75) is 12.5 Å². The summed E-state index contributed by atoms with van der Waals surface area (Å²) in [6, 6.07) is 13.9. The van der Waals surface area contributed by atoms with Gasteiger partial charge in [0.2, 0.25) is 5.91 Å². The number of hydrogen-bond donors (Lipinski definition) is 1. The van der Waals surface area contributed by atoms with Gasteiger partial charge in [0.05, 0.1) is 30.3 Å². The number of carbonyl (C=O) groups excluding carboxylic acids is 1. The third-order valence-electron chi connectivity index (χ3n) is 6.94. The van der Waals surface area contributed by atoms with Crippen molar-refractivity contribution in [1.29, 1.82) is 0 Å². The predicted octanol–water partition coefficient (Wildman–Crippen LogP) is 3.27. The molecule has 0 radical (unpaired) electrons. The molecule has 1 aliphatic carbocycles. The van der Waals surface area contributed by atoms with Crippen LogP contribution in [0, 0.1) is 11.3 Å². The van der Waals surface area contributed by atoms with Crippen LogP contribution < -0.4 is 10.5 Å². The molecule has 2 N–H and O–H groups in total. The molecule has 0 bridgehead atoms. The summed E-state index contributed by atoms with van der Waals surface area (Å²) in [6.45, 7) is 0.522. The Hall–Kier alpha value is -3.78. The Bertz CT molecular complexity index is 1400. The van der Waals surface area contributed by atoms with Gasteiger partial charge in [-0.2, -0.15) is 5.10 Å². The topological polar surface area (TPSA) is 105 Å². The number of ether oxygens (including phenoxy) is 2. The third-order valence-corrected chi connectivity index (χ3v) is 6.94. The molecule has 3 atom stereocenters. The van der Waals surface area contributed by atoms with Crippen molar-refractivity contribution in [2.24, 2.45) is 24.1 Å². The van der Waals surface area contributed by atoms with E-state index in [0.717, 1.165) is 45.4 Å². The molecule has 33 heavy (non-hydrogen) atoms. The summed E-state index contributed by atoms with van der Waals surface area (Å²) >= 11 is 0. The number of aryl methyl sites for hydroxylation is 1. The van der Waals surface area contributed by atoms with E-state index in [4.69, 9.17) is 20.3 Å². The summed E-state index contributed by atoms with van der Waals surface area (Å²) in [5.41, 5.74) is 10.2. The van der Waals surface area contributed by atoms with Crippen molar-refractivity contribution in [3.05, 3.63) is 60.6 Å². The lowest BCUT2D eigenvalue weighted by molar-refractivity contribution is -0.126. The van der Waals surface area contributed by atoms with Crippen LogP contribution in [-0.4, -0.2) is 39.4 Å². The Morgan fingerprint density at radius 3 is 2.76 bits per heavy atom. The van der Waals surface area contributed by atoms with Gasteiger partial charge in [-0.15, -0.1) is 0 Å². The number of carbonyl (C=O) groups is 1. The fraction of sp³-hybridized carbons (Fsp3) is 0.280.